The van der Waals surface area contributed by atoms with E-state index in [-0.39, 0.29) is 5.69 Å². The number of piperidine rings is 1. The maximum atomic E-state index is 13.2. The molecule has 0 unspecified atom stereocenters. The predicted molar refractivity (Wildman–Crippen MR) is 84.2 cm³/mol. The summed E-state index contributed by atoms with van der Waals surface area (Å²) in [6.45, 7) is 1.76. The number of rotatable bonds is 3. The Morgan fingerprint density at radius 2 is 2.00 bits per heavy atom. The second kappa shape index (κ2) is 5.40. The largest absolute Gasteiger partial charge is 0.371 e. The molecule has 1 aliphatic carbocycles. The van der Waals surface area contributed by atoms with Gasteiger partial charge in [-0.25, -0.2) is 0 Å². The highest BCUT2D eigenvalue weighted by Gasteiger charge is 2.44. The molecule has 21 heavy (non-hydrogen) atoms. The van der Waals surface area contributed by atoms with Crippen LogP contribution in [0.25, 0.3) is 6.08 Å². The van der Waals surface area contributed by atoms with Crippen LogP contribution in [0.4, 0.5) is 15.8 Å². The van der Waals surface area contributed by atoms with Crippen molar-refractivity contribution in [2.75, 3.05) is 18.0 Å². The van der Waals surface area contributed by atoms with Gasteiger partial charge in [0.2, 0.25) is 0 Å². The van der Waals surface area contributed by atoms with Crippen molar-refractivity contribution in [3.63, 3.8) is 0 Å². The SMILES string of the molecule is O=[N+]([O-])c1ccc(C=C(F)Br)c(N2CCC3(CC2)CC3)c1. The molecule has 4 nitrogen and oxygen atoms in total. The summed E-state index contributed by atoms with van der Waals surface area (Å²) < 4.78 is 12.7. The lowest BCUT2D eigenvalue weighted by atomic mass is 9.93. The molecule has 1 saturated carbocycles. The van der Waals surface area contributed by atoms with Crippen molar-refractivity contribution < 1.29 is 9.31 Å². The van der Waals surface area contributed by atoms with Crippen LogP contribution in [-0.4, -0.2) is 18.0 Å². The van der Waals surface area contributed by atoms with Gasteiger partial charge in [-0.3, -0.25) is 10.1 Å². The van der Waals surface area contributed by atoms with Crippen LogP contribution in [0, 0.1) is 15.5 Å². The second-order valence-electron chi connectivity index (χ2n) is 5.92. The van der Waals surface area contributed by atoms with E-state index in [9.17, 15) is 14.5 Å². The van der Waals surface area contributed by atoms with Crippen molar-refractivity contribution in [2.24, 2.45) is 5.41 Å². The van der Waals surface area contributed by atoms with Gasteiger partial charge in [0.25, 0.3) is 5.69 Å². The number of nitrogens with zero attached hydrogens (tertiary/aromatic N) is 2. The van der Waals surface area contributed by atoms with E-state index in [4.69, 9.17) is 0 Å². The Labute approximate surface area is 130 Å². The molecule has 0 bridgehead atoms. The van der Waals surface area contributed by atoms with E-state index in [1.54, 1.807) is 12.1 Å². The topological polar surface area (TPSA) is 46.4 Å². The molecule has 0 atom stereocenters. The number of hydrogen-bond acceptors (Lipinski definition) is 3. The second-order valence-corrected chi connectivity index (χ2v) is 6.68. The van der Waals surface area contributed by atoms with Gasteiger partial charge in [0.05, 0.1) is 10.6 Å². The minimum absolute atomic E-state index is 0.0452. The van der Waals surface area contributed by atoms with Gasteiger partial charge in [0.15, 0.2) is 4.74 Å². The zero-order chi connectivity index (χ0) is 15.0. The molecule has 1 aromatic rings. The number of non-ortho nitro benzene ring substituents is 1. The predicted octanol–water partition coefficient (Wildman–Crippen LogP) is 4.64. The summed E-state index contributed by atoms with van der Waals surface area (Å²) in [5, 5.41) is 11.0. The molecule has 0 aromatic heterocycles. The first-order valence-electron chi connectivity index (χ1n) is 7.05. The smallest absolute Gasteiger partial charge is 0.271 e. The van der Waals surface area contributed by atoms with Gasteiger partial charge < -0.3 is 4.90 Å². The quantitative estimate of drug-likeness (QED) is 0.586. The summed E-state index contributed by atoms with van der Waals surface area (Å²) >= 11 is 2.79. The summed E-state index contributed by atoms with van der Waals surface area (Å²) in [6, 6.07) is 4.57. The van der Waals surface area contributed by atoms with Crippen molar-refractivity contribution in [1.82, 2.24) is 0 Å². The van der Waals surface area contributed by atoms with Crippen LogP contribution in [0.3, 0.4) is 0 Å². The van der Waals surface area contributed by atoms with Crippen molar-refractivity contribution in [3.8, 4) is 0 Å². The summed E-state index contributed by atoms with van der Waals surface area (Å²) in [4.78, 5) is 12.7. The average Bonchev–Trinajstić information content (AvgIpc) is 3.19. The summed E-state index contributed by atoms with van der Waals surface area (Å²) in [5.41, 5.74) is 1.99. The number of anilines is 1. The normalized spacial score (nSPS) is 20.7. The molecule has 1 aromatic carbocycles. The summed E-state index contributed by atoms with van der Waals surface area (Å²) in [6.07, 6.45) is 6.21. The maximum Gasteiger partial charge on any atom is 0.271 e. The highest BCUT2D eigenvalue weighted by Crippen LogP contribution is 2.54. The van der Waals surface area contributed by atoms with Crippen LogP contribution in [0.15, 0.2) is 22.9 Å². The summed E-state index contributed by atoms with van der Waals surface area (Å²) in [5.74, 6) is 0. The first-order valence-corrected chi connectivity index (χ1v) is 7.85. The molecule has 2 fully saturated rings. The highest BCUT2D eigenvalue weighted by atomic mass is 79.9. The Morgan fingerprint density at radius 3 is 2.52 bits per heavy atom. The van der Waals surface area contributed by atoms with E-state index in [1.807, 2.05) is 0 Å². The number of benzene rings is 1. The third-order valence-electron chi connectivity index (χ3n) is 4.61. The zero-order valence-electron chi connectivity index (χ0n) is 11.5. The van der Waals surface area contributed by atoms with E-state index in [0.29, 0.717) is 11.0 Å². The number of halogens is 2. The first kappa shape index (κ1) is 14.5. The van der Waals surface area contributed by atoms with Crippen molar-refractivity contribution >= 4 is 33.4 Å². The fraction of sp³-hybridized carbons (Fsp3) is 0.467. The van der Waals surface area contributed by atoms with Gasteiger partial charge in [-0.15, -0.1) is 0 Å². The molecule has 0 amide bonds. The Kier molecular flexibility index (Phi) is 3.73. The molecule has 1 saturated heterocycles. The lowest BCUT2D eigenvalue weighted by Gasteiger charge is -2.34. The van der Waals surface area contributed by atoms with Crippen LogP contribution in [-0.2, 0) is 0 Å². The fourth-order valence-corrected chi connectivity index (χ4v) is 3.30. The first-order chi connectivity index (χ1) is 9.99. The van der Waals surface area contributed by atoms with Crippen LogP contribution >= 0.6 is 15.9 Å². The van der Waals surface area contributed by atoms with Crippen molar-refractivity contribution in [1.29, 1.82) is 0 Å². The van der Waals surface area contributed by atoms with Crippen LogP contribution in [0.5, 0.6) is 0 Å². The molecular weight excluding hydrogens is 339 g/mol. The fourth-order valence-electron chi connectivity index (χ4n) is 3.06. The Morgan fingerprint density at radius 1 is 1.33 bits per heavy atom. The minimum Gasteiger partial charge on any atom is -0.371 e. The van der Waals surface area contributed by atoms with Gasteiger partial charge in [0, 0.05) is 30.8 Å². The average molecular weight is 355 g/mol. The zero-order valence-corrected chi connectivity index (χ0v) is 13.1. The third kappa shape index (κ3) is 3.10. The molecular formula is C15H16BrFN2O2. The van der Waals surface area contributed by atoms with E-state index >= 15 is 0 Å². The van der Waals surface area contributed by atoms with Crippen molar-refractivity contribution in [2.45, 2.75) is 25.7 Å². The van der Waals surface area contributed by atoms with Gasteiger partial charge in [0.1, 0.15) is 0 Å². The third-order valence-corrected chi connectivity index (χ3v) is 4.84. The van der Waals surface area contributed by atoms with Gasteiger partial charge in [-0.05, 0) is 59.2 Å². The lowest BCUT2D eigenvalue weighted by molar-refractivity contribution is -0.384. The molecule has 1 spiro atoms. The van der Waals surface area contributed by atoms with Gasteiger partial charge >= 0.3 is 0 Å². The summed E-state index contributed by atoms with van der Waals surface area (Å²) in [7, 11) is 0. The highest BCUT2D eigenvalue weighted by molar-refractivity contribution is 9.11. The molecule has 112 valence electrons. The number of nitro groups is 1. The molecule has 6 heteroatoms. The Balaban J connectivity index is 1.91. The number of hydrogen-bond donors (Lipinski definition) is 0. The molecule has 2 aliphatic rings. The van der Waals surface area contributed by atoms with Gasteiger partial charge in [-0.2, -0.15) is 4.39 Å². The molecule has 0 N–H and O–H groups in total. The standard InChI is InChI=1S/C15H16BrFN2O2/c16-14(17)9-11-1-2-12(19(20)21)10-13(11)18-7-5-15(3-4-15)6-8-18/h1-2,9-10H,3-8H2. The van der Waals surface area contributed by atoms with Crippen LogP contribution in [0.1, 0.15) is 31.2 Å². The van der Waals surface area contributed by atoms with E-state index in [1.165, 1.54) is 25.0 Å². The van der Waals surface area contributed by atoms with Crippen molar-refractivity contribution in [3.05, 3.63) is 38.6 Å². The molecule has 3 rings (SSSR count). The molecule has 1 aliphatic heterocycles. The number of nitro benzene ring substituents is 1. The minimum atomic E-state index is -0.478. The maximum absolute atomic E-state index is 13.2. The van der Waals surface area contributed by atoms with E-state index in [2.05, 4.69) is 20.8 Å². The van der Waals surface area contributed by atoms with Crippen LogP contribution < -0.4 is 4.90 Å². The van der Waals surface area contributed by atoms with Gasteiger partial charge in [-0.1, -0.05) is 0 Å². The van der Waals surface area contributed by atoms with Crippen LogP contribution in [0.2, 0.25) is 0 Å². The Hall–Kier alpha value is -1.43. The molecule has 0 radical (unpaired) electrons. The molecule has 1 heterocycles. The van der Waals surface area contributed by atoms with E-state index < -0.39 is 9.66 Å². The van der Waals surface area contributed by atoms with E-state index in [0.717, 1.165) is 31.6 Å². The Bertz CT molecular complexity index is 600. The lowest BCUT2D eigenvalue weighted by Crippen LogP contribution is -2.34. The monoisotopic (exact) mass is 354 g/mol.